The summed E-state index contributed by atoms with van der Waals surface area (Å²) >= 11 is 3.46. The standard InChI is InChI=1S/C12H15BrN4/c1-9-10(7-16-17-9)3-2-5-15-12-4-6-14-8-11(12)13/h4,6-8H,2-3,5H2,1H3,(H,14,15)(H,16,17). The van der Waals surface area contributed by atoms with E-state index in [9.17, 15) is 0 Å². The first kappa shape index (κ1) is 12.1. The van der Waals surface area contributed by atoms with Gasteiger partial charge in [0.2, 0.25) is 0 Å². The highest BCUT2D eigenvalue weighted by Gasteiger charge is 2.01. The zero-order chi connectivity index (χ0) is 12.1. The van der Waals surface area contributed by atoms with Crippen LogP contribution in [-0.2, 0) is 6.42 Å². The molecule has 0 amide bonds. The van der Waals surface area contributed by atoms with E-state index in [1.54, 1.807) is 12.4 Å². The lowest BCUT2D eigenvalue weighted by Crippen LogP contribution is -2.03. The zero-order valence-electron chi connectivity index (χ0n) is 9.70. The van der Waals surface area contributed by atoms with Crippen LogP contribution >= 0.6 is 15.9 Å². The Morgan fingerprint density at radius 3 is 3.00 bits per heavy atom. The molecule has 5 heteroatoms. The second kappa shape index (κ2) is 5.82. The molecule has 90 valence electrons. The number of anilines is 1. The average molecular weight is 295 g/mol. The number of aryl methyl sites for hydroxylation is 2. The van der Waals surface area contributed by atoms with Crippen LogP contribution in [0.5, 0.6) is 0 Å². The summed E-state index contributed by atoms with van der Waals surface area (Å²) < 4.78 is 1.000. The number of hydrogen-bond acceptors (Lipinski definition) is 3. The Bertz CT molecular complexity index is 481. The summed E-state index contributed by atoms with van der Waals surface area (Å²) in [6, 6.07) is 1.97. The van der Waals surface area contributed by atoms with Crippen molar-refractivity contribution in [3.05, 3.63) is 40.4 Å². The molecule has 0 aliphatic heterocycles. The molecule has 2 heterocycles. The van der Waals surface area contributed by atoms with Crippen molar-refractivity contribution in [3.63, 3.8) is 0 Å². The molecule has 0 saturated carbocycles. The molecular weight excluding hydrogens is 280 g/mol. The molecule has 0 bridgehead atoms. The molecular formula is C12H15BrN4. The fraction of sp³-hybridized carbons (Fsp3) is 0.333. The lowest BCUT2D eigenvalue weighted by Gasteiger charge is -2.07. The first-order valence-electron chi connectivity index (χ1n) is 5.59. The molecule has 0 saturated heterocycles. The zero-order valence-corrected chi connectivity index (χ0v) is 11.3. The van der Waals surface area contributed by atoms with Crippen LogP contribution in [0.3, 0.4) is 0 Å². The van der Waals surface area contributed by atoms with E-state index in [4.69, 9.17) is 0 Å². The van der Waals surface area contributed by atoms with Gasteiger partial charge >= 0.3 is 0 Å². The van der Waals surface area contributed by atoms with Gasteiger partial charge in [-0.05, 0) is 47.3 Å². The van der Waals surface area contributed by atoms with Gasteiger partial charge in [0, 0.05) is 24.6 Å². The Labute approximate surface area is 109 Å². The smallest absolute Gasteiger partial charge is 0.0590 e. The molecule has 0 atom stereocenters. The fourth-order valence-electron chi connectivity index (χ4n) is 1.65. The maximum absolute atomic E-state index is 4.03. The van der Waals surface area contributed by atoms with E-state index in [1.807, 2.05) is 12.3 Å². The Balaban J connectivity index is 1.77. The lowest BCUT2D eigenvalue weighted by atomic mass is 10.1. The third-order valence-corrected chi connectivity index (χ3v) is 3.28. The Kier molecular flexibility index (Phi) is 4.14. The van der Waals surface area contributed by atoms with Gasteiger partial charge in [-0.25, -0.2) is 0 Å². The van der Waals surface area contributed by atoms with Crippen molar-refractivity contribution in [3.8, 4) is 0 Å². The van der Waals surface area contributed by atoms with Crippen LogP contribution < -0.4 is 5.32 Å². The highest BCUT2D eigenvalue weighted by Crippen LogP contribution is 2.19. The molecule has 2 aromatic heterocycles. The van der Waals surface area contributed by atoms with E-state index >= 15 is 0 Å². The van der Waals surface area contributed by atoms with Gasteiger partial charge in [-0.2, -0.15) is 5.10 Å². The molecule has 0 unspecified atom stereocenters. The topological polar surface area (TPSA) is 53.6 Å². The molecule has 2 aromatic rings. The molecule has 0 radical (unpaired) electrons. The highest BCUT2D eigenvalue weighted by atomic mass is 79.9. The largest absolute Gasteiger partial charge is 0.384 e. The first-order valence-corrected chi connectivity index (χ1v) is 6.39. The van der Waals surface area contributed by atoms with Crippen molar-refractivity contribution in [2.75, 3.05) is 11.9 Å². The van der Waals surface area contributed by atoms with Crippen LogP contribution in [0.1, 0.15) is 17.7 Å². The third kappa shape index (κ3) is 3.30. The quantitative estimate of drug-likeness (QED) is 0.834. The van der Waals surface area contributed by atoms with E-state index < -0.39 is 0 Å². The van der Waals surface area contributed by atoms with E-state index in [1.165, 1.54) is 5.56 Å². The number of hydrogen-bond donors (Lipinski definition) is 2. The van der Waals surface area contributed by atoms with Crippen molar-refractivity contribution in [1.82, 2.24) is 15.2 Å². The molecule has 2 rings (SSSR count). The van der Waals surface area contributed by atoms with Gasteiger partial charge in [-0.1, -0.05) is 0 Å². The summed E-state index contributed by atoms with van der Waals surface area (Å²) in [6.45, 7) is 2.99. The maximum Gasteiger partial charge on any atom is 0.0590 e. The summed E-state index contributed by atoms with van der Waals surface area (Å²) in [5.41, 5.74) is 3.54. The van der Waals surface area contributed by atoms with Crippen molar-refractivity contribution in [2.24, 2.45) is 0 Å². The Hall–Kier alpha value is -1.36. The van der Waals surface area contributed by atoms with Crippen molar-refractivity contribution < 1.29 is 0 Å². The van der Waals surface area contributed by atoms with E-state index in [2.05, 4.69) is 43.4 Å². The lowest BCUT2D eigenvalue weighted by molar-refractivity contribution is 0.856. The summed E-state index contributed by atoms with van der Waals surface area (Å²) in [5.74, 6) is 0. The molecule has 17 heavy (non-hydrogen) atoms. The number of H-pyrrole nitrogens is 1. The van der Waals surface area contributed by atoms with Crippen LogP contribution in [0, 0.1) is 6.92 Å². The number of pyridine rings is 1. The Morgan fingerprint density at radius 1 is 1.41 bits per heavy atom. The molecule has 0 aliphatic carbocycles. The number of nitrogens with one attached hydrogen (secondary N) is 2. The second-order valence-electron chi connectivity index (χ2n) is 3.91. The summed E-state index contributed by atoms with van der Waals surface area (Å²) in [5, 5.41) is 10.3. The van der Waals surface area contributed by atoms with E-state index in [0.29, 0.717) is 0 Å². The second-order valence-corrected chi connectivity index (χ2v) is 4.76. The van der Waals surface area contributed by atoms with Crippen LogP contribution in [0.2, 0.25) is 0 Å². The van der Waals surface area contributed by atoms with Gasteiger partial charge < -0.3 is 5.32 Å². The molecule has 0 fully saturated rings. The predicted octanol–water partition coefficient (Wildman–Crippen LogP) is 2.92. The van der Waals surface area contributed by atoms with Gasteiger partial charge in [0.1, 0.15) is 0 Å². The van der Waals surface area contributed by atoms with Crippen molar-refractivity contribution >= 4 is 21.6 Å². The Morgan fingerprint density at radius 2 is 2.29 bits per heavy atom. The minimum absolute atomic E-state index is 0.938. The normalized spacial score (nSPS) is 10.5. The van der Waals surface area contributed by atoms with Crippen LogP contribution in [0.15, 0.2) is 29.1 Å². The summed E-state index contributed by atoms with van der Waals surface area (Å²) in [4.78, 5) is 4.03. The number of rotatable bonds is 5. The van der Waals surface area contributed by atoms with E-state index in [-0.39, 0.29) is 0 Å². The number of halogens is 1. The number of nitrogens with zero attached hydrogens (tertiary/aromatic N) is 2. The summed E-state index contributed by atoms with van der Waals surface area (Å²) in [7, 11) is 0. The maximum atomic E-state index is 4.03. The van der Waals surface area contributed by atoms with Crippen molar-refractivity contribution in [1.29, 1.82) is 0 Å². The first-order chi connectivity index (χ1) is 8.27. The third-order valence-electron chi connectivity index (χ3n) is 2.65. The molecule has 0 aromatic carbocycles. The fourth-order valence-corrected chi connectivity index (χ4v) is 2.04. The minimum Gasteiger partial charge on any atom is -0.384 e. The van der Waals surface area contributed by atoms with Crippen LogP contribution in [0.4, 0.5) is 5.69 Å². The SMILES string of the molecule is Cc1[nH]ncc1CCCNc1ccncc1Br. The predicted molar refractivity (Wildman–Crippen MR) is 72.1 cm³/mol. The van der Waals surface area contributed by atoms with Crippen LogP contribution in [0.25, 0.3) is 0 Å². The van der Waals surface area contributed by atoms with Gasteiger partial charge in [0.15, 0.2) is 0 Å². The number of aromatic nitrogens is 3. The number of aromatic amines is 1. The summed E-state index contributed by atoms with van der Waals surface area (Å²) in [6.07, 6.45) is 7.60. The van der Waals surface area contributed by atoms with Crippen molar-refractivity contribution in [2.45, 2.75) is 19.8 Å². The van der Waals surface area contributed by atoms with Gasteiger partial charge in [-0.15, -0.1) is 0 Å². The molecule has 4 nitrogen and oxygen atoms in total. The molecule has 0 spiro atoms. The van der Waals surface area contributed by atoms with Gasteiger partial charge in [-0.3, -0.25) is 10.1 Å². The monoisotopic (exact) mass is 294 g/mol. The average Bonchev–Trinajstić information content (AvgIpc) is 2.73. The van der Waals surface area contributed by atoms with E-state index in [0.717, 1.165) is 35.2 Å². The minimum atomic E-state index is 0.938. The van der Waals surface area contributed by atoms with Gasteiger partial charge in [0.05, 0.1) is 16.4 Å². The van der Waals surface area contributed by atoms with Gasteiger partial charge in [0.25, 0.3) is 0 Å². The molecule has 0 aliphatic rings. The molecule has 2 N–H and O–H groups in total. The van der Waals surface area contributed by atoms with Crippen LogP contribution in [-0.4, -0.2) is 21.7 Å². The highest BCUT2D eigenvalue weighted by molar-refractivity contribution is 9.10.